The highest BCUT2D eigenvalue weighted by Crippen LogP contribution is 2.49. The van der Waals surface area contributed by atoms with E-state index < -0.39 is 156 Å². The van der Waals surface area contributed by atoms with Crippen LogP contribution < -0.4 is 0 Å². The molecule has 0 aromatic heterocycles. The number of hydrogen-bond acceptors (Lipinski definition) is 23. The molecule has 3 fully saturated rings. The molecule has 11 N–H and O–H groups in total. The first-order chi connectivity index (χ1) is 45.8. The molecule has 3 rings (SSSR count). The van der Waals surface area contributed by atoms with Crippen LogP contribution in [0.5, 0.6) is 0 Å². The molecular formula is C70H131O24P. The second kappa shape index (κ2) is 52.9. The first-order valence-corrected chi connectivity index (χ1v) is 38.8. The number of aliphatic hydroxyl groups is 10. The first kappa shape index (κ1) is 87.2. The monoisotopic (exact) mass is 1390 g/mol. The van der Waals surface area contributed by atoms with Gasteiger partial charge in [0.05, 0.1) is 13.2 Å². The summed E-state index contributed by atoms with van der Waals surface area (Å²) < 4.78 is 65.0. The van der Waals surface area contributed by atoms with Crippen molar-refractivity contribution in [2.24, 2.45) is 0 Å². The quantitative estimate of drug-likeness (QED) is 0.0117. The minimum Gasteiger partial charge on any atom is -0.463 e. The standard InChI is InChI=1S/C70H131O24P/c1-4-7-10-13-16-19-22-25-27-30-33-35-38-41-44-54(72)86-48-51(89-56(74)46-43-40-37-34-31-28-26-23-20-17-14-11-8-5-2)49-88-95(84,85)94-68-66(92-69-64(82)59(77)57(75)52(47-71)90-69)62(80)61(79)63(81)67(68)93-70-65(83)60(78)58(76)53(91-70)50-87-55(73)45-42-39-36-32-29-24-21-18-15-12-9-6-3/h51-53,57-71,75-83H,4-50H2,1-3H3,(H,84,85). The number of esters is 3. The van der Waals surface area contributed by atoms with Crippen molar-refractivity contribution in [3.8, 4) is 0 Å². The number of phosphoric ester groups is 1. The Morgan fingerprint density at radius 1 is 0.368 bits per heavy atom. The maximum Gasteiger partial charge on any atom is 0.472 e. The van der Waals surface area contributed by atoms with E-state index in [9.17, 15) is 74.9 Å². The summed E-state index contributed by atoms with van der Waals surface area (Å²) in [5.74, 6) is -1.97. The fraction of sp³-hybridized carbons (Fsp3) is 0.957. The summed E-state index contributed by atoms with van der Waals surface area (Å²) in [6.07, 6.45) is 8.90. The van der Waals surface area contributed by atoms with E-state index in [0.29, 0.717) is 19.3 Å². The lowest BCUT2D eigenvalue weighted by Gasteiger charge is -2.49. The summed E-state index contributed by atoms with van der Waals surface area (Å²) in [5, 5.41) is 110. The molecule has 1 aliphatic carbocycles. The maximum atomic E-state index is 14.3. The lowest BCUT2D eigenvalue weighted by molar-refractivity contribution is -0.360. The van der Waals surface area contributed by atoms with Crippen LogP contribution in [0.4, 0.5) is 0 Å². The van der Waals surface area contributed by atoms with Gasteiger partial charge in [0.1, 0.15) is 98.7 Å². The molecule has 2 heterocycles. The molecule has 560 valence electrons. The normalized spacial score (nSPS) is 28.1. The van der Waals surface area contributed by atoms with Crippen molar-refractivity contribution in [1.29, 1.82) is 0 Å². The van der Waals surface area contributed by atoms with E-state index >= 15 is 0 Å². The molecule has 0 bridgehead atoms. The summed E-state index contributed by atoms with van der Waals surface area (Å²) in [6.45, 7) is 3.45. The molecule has 24 nitrogen and oxygen atoms in total. The van der Waals surface area contributed by atoms with E-state index in [1.807, 2.05) is 0 Å². The van der Waals surface area contributed by atoms with Crippen LogP contribution in [0.1, 0.15) is 297 Å². The van der Waals surface area contributed by atoms with Crippen molar-refractivity contribution < 1.29 is 117 Å². The number of phosphoric acid groups is 1. The van der Waals surface area contributed by atoms with Crippen LogP contribution in [-0.4, -0.2) is 204 Å². The highest BCUT2D eigenvalue weighted by molar-refractivity contribution is 7.47. The van der Waals surface area contributed by atoms with Gasteiger partial charge in [0.2, 0.25) is 0 Å². The summed E-state index contributed by atoms with van der Waals surface area (Å²) in [7, 11) is -5.69. The number of carbonyl (C=O) groups excluding carboxylic acids is 3. The molecule has 0 spiro atoms. The van der Waals surface area contributed by atoms with Gasteiger partial charge >= 0.3 is 25.7 Å². The van der Waals surface area contributed by atoms with Gasteiger partial charge in [-0.1, -0.05) is 258 Å². The number of hydrogen-bond donors (Lipinski definition) is 11. The predicted octanol–water partition coefficient (Wildman–Crippen LogP) is 9.80. The number of rotatable bonds is 58. The van der Waals surface area contributed by atoms with Crippen LogP contribution in [-0.2, 0) is 61.2 Å². The van der Waals surface area contributed by atoms with Gasteiger partial charge in [0, 0.05) is 19.3 Å². The van der Waals surface area contributed by atoms with E-state index in [1.165, 1.54) is 148 Å². The zero-order chi connectivity index (χ0) is 69.6. The Morgan fingerprint density at radius 3 is 1.03 bits per heavy atom. The second-order valence-corrected chi connectivity index (χ2v) is 28.4. The smallest absolute Gasteiger partial charge is 0.463 e. The highest BCUT2D eigenvalue weighted by atomic mass is 31.2. The van der Waals surface area contributed by atoms with Crippen molar-refractivity contribution in [3.05, 3.63) is 0 Å². The maximum absolute atomic E-state index is 14.3. The average Bonchev–Trinajstić information content (AvgIpc) is 0.766. The Bertz CT molecular complexity index is 1980. The molecule has 0 radical (unpaired) electrons. The molecule has 2 aliphatic heterocycles. The minimum atomic E-state index is -5.69. The highest BCUT2D eigenvalue weighted by Gasteiger charge is 2.58. The van der Waals surface area contributed by atoms with Gasteiger partial charge in [-0.15, -0.1) is 0 Å². The molecular weight excluding hydrogens is 1260 g/mol. The molecule has 3 aliphatic rings. The van der Waals surface area contributed by atoms with Crippen LogP contribution in [0, 0.1) is 0 Å². The number of ether oxygens (including phenoxy) is 7. The SMILES string of the molecule is CCCCCCCCCCCCCCCCC(=O)OCC(COP(=O)(O)OC1C(OC2OC(CO)C(O)C(O)C2O)C(O)C(O)C(O)C1OC1OC(COC(=O)CCCCCCCCCCCCCC)C(O)C(O)C1O)OC(=O)CCCCCCCCCCCCCCCC. The number of aliphatic hydroxyl groups excluding tert-OH is 10. The molecule has 1 saturated carbocycles. The molecule has 18 atom stereocenters. The van der Waals surface area contributed by atoms with Crippen molar-refractivity contribution in [1.82, 2.24) is 0 Å². The fourth-order valence-corrected chi connectivity index (χ4v) is 13.5. The third kappa shape index (κ3) is 36.4. The molecule has 0 aromatic carbocycles. The minimum absolute atomic E-state index is 0.0331. The Morgan fingerprint density at radius 2 is 0.674 bits per heavy atom. The van der Waals surface area contributed by atoms with E-state index in [4.69, 9.17) is 42.2 Å². The third-order valence-electron chi connectivity index (χ3n) is 18.6. The van der Waals surface area contributed by atoms with Gasteiger partial charge in [0.15, 0.2) is 18.7 Å². The zero-order valence-electron chi connectivity index (χ0n) is 58.2. The van der Waals surface area contributed by atoms with E-state index in [-0.39, 0.29) is 19.3 Å². The van der Waals surface area contributed by atoms with Crippen LogP contribution in [0.2, 0.25) is 0 Å². The van der Waals surface area contributed by atoms with Crippen LogP contribution >= 0.6 is 7.82 Å². The van der Waals surface area contributed by atoms with E-state index in [2.05, 4.69) is 20.8 Å². The fourth-order valence-electron chi connectivity index (χ4n) is 12.5. The largest absolute Gasteiger partial charge is 0.472 e. The summed E-state index contributed by atoms with van der Waals surface area (Å²) in [4.78, 5) is 50.9. The predicted molar refractivity (Wildman–Crippen MR) is 356 cm³/mol. The van der Waals surface area contributed by atoms with Gasteiger partial charge in [-0.3, -0.25) is 23.4 Å². The molecule has 18 unspecified atom stereocenters. The topological polar surface area (TPSA) is 374 Å². The second-order valence-electron chi connectivity index (χ2n) is 27.0. The Labute approximate surface area is 568 Å². The van der Waals surface area contributed by atoms with Crippen LogP contribution in [0.15, 0.2) is 0 Å². The van der Waals surface area contributed by atoms with Crippen molar-refractivity contribution in [2.45, 2.75) is 401 Å². The number of carbonyl (C=O) groups is 3. The van der Waals surface area contributed by atoms with Gasteiger partial charge in [-0.05, 0) is 19.3 Å². The van der Waals surface area contributed by atoms with Crippen LogP contribution in [0.3, 0.4) is 0 Å². The number of unbranched alkanes of at least 4 members (excludes halogenated alkanes) is 37. The summed E-state index contributed by atoms with van der Waals surface area (Å²) in [6, 6.07) is 0. The Kier molecular flexibility index (Phi) is 48.5. The van der Waals surface area contributed by atoms with E-state index in [1.54, 1.807) is 0 Å². The lowest BCUT2D eigenvalue weighted by atomic mass is 9.84. The molecule has 0 aromatic rings. The van der Waals surface area contributed by atoms with E-state index in [0.717, 1.165) is 89.9 Å². The van der Waals surface area contributed by atoms with Crippen molar-refractivity contribution >= 4 is 25.7 Å². The van der Waals surface area contributed by atoms with Gasteiger partial charge in [-0.2, -0.15) is 0 Å². The van der Waals surface area contributed by atoms with Crippen molar-refractivity contribution in [3.63, 3.8) is 0 Å². The molecule has 2 saturated heterocycles. The average molecular weight is 1390 g/mol. The Hall–Kier alpha value is -2.04. The molecule has 25 heteroatoms. The third-order valence-corrected chi connectivity index (χ3v) is 19.6. The first-order valence-electron chi connectivity index (χ1n) is 37.3. The van der Waals surface area contributed by atoms with Gasteiger partial charge in [0.25, 0.3) is 0 Å². The zero-order valence-corrected chi connectivity index (χ0v) is 59.1. The molecule has 0 amide bonds. The van der Waals surface area contributed by atoms with Gasteiger partial charge < -0.3 is 89.1 Å². The summed E-state index contributed by atoms with van der Waals surface area (Å²) in [5.41, 5.74) is 0. The van der Waals surface area contributed by atoms with Crippen molar-refractivity contribution in [2.75, 3.05) is 26.4 Å². The van der Waals surface area contributed by atoms with Gasteiger partial charge in [-0.25, -0.2) is 4.57 Å². The van der Waals surface area contributed by atoms with Crippen LogP contribution in [0.25, 0.3) is 0 Å². The Balaban J connectivity index is 1.74. The lowest BCUT2D eigenvalue weighted by Crippen LogP contribution is -2.69. The molecule has 95 heavy (non-hydrogen) atoms. The summed E-state index contributed by atoms with van der Waals surface area (Å²) >= 11 is 0.